The fraction of sp³-hybridized carbons (Fsp3) is 0.552. The van der Waals surface area contributed by atoms with Gasteiger partial charge in [-0.3, -0.25) is 14.4 Å². The van der Waals surface area contributed by atoms with E-state index in [4.69, 9.17) is 0 Å². The molecule has 8 nitrogen and oxygen atoms in total. The Hall–Kier alpha value is -2.75. The zero-order chi connectivity index (χ0) is 26.8. The number of nitrogens with zero attached hydrogens (tertiary/aromatic N) is 1. The largest absolute Gasteiger partial charge is 0.351 e. The number of aryl methyl sites for hydroxylation is 1. The van der Waals surface area contributed by atoms with Crippen LogP contribution in [0.5, 0.6) is 0 Å². The van der Waals surface area contributed by atoms with E-state index in [1.165, 1.54) is 11.3 Å². The summed E-state index contributed by atoms with van der Waals surface area (Å²) in [5.41, 5.74) is 2.54. The second-order valence-electron chi connectivity index (χ2n) is 10.9. The smallest absolute Gasteiger partial charge is 0.279 e. The molecule has 38 heavy (non-hydrogen) atoms. The Kier molecular flexibility index (Phi) is 10.3. The highest BCUT2D eigenvalue weighted by Crippen LogP contribution is 2.28. The molecule has 206 valence electrons. The van der Waals surface area contributed by atoms with Crippen LogP contribution in [0.25, 0.3) is 0 Å². The van der Waals surface area contributed by atoms with Crippen LogP contribution in [0.4, 0.5) is 5.69 Å². The number of rotatable bonds is 10. The monoisotopic (exact) mass is 540 g/mol. The molecule has 3 amide bonds. The van der Waals surface area contributed by atoms with Crippen LogP contribution in [0.1, 0.15) is 59.3 Å². The van der Waals surface area contributed by atoms with Crippen molar-refractivity contribution in [3.63, 3.8) is 0 Å². The van der Waals surface area contributed by atoms with Crippen LogP contribution < -0.4 is 21.3 Å². The number of hydrogen-bond donors (Lipinski definition) is 4. The number of benzene rings is 1. The molecular formula is C29H42N5O3S+. The van der Waals surface area contributed by atoms with E-state index in [-0.39, 0.29) is 30.8 Å². The molecule has 1 aromatic carbocycles. The number of carbonyl (C=O) groups excluding carboxylic acids is 3. The standard InChI is InChI=1S/C29H41N5O3S/c1-22-21-38-28(29(37)32-18-24-11-13-30-14-12-24)27(22)33-26(36)20-34(15-7-2-3-8-16-34)19-25(35)31-17-23-9-5-4-6-10-23/h4-6,9-10,21,24,30H,2-3,7-8,11-20H2,1H3,(H2-,31,32,33,35,36,37)/p+1. The zero-order valence-corrected chi connectivity index (χ0v) is 23.3. The second kappa shape index (κ2) is 13.9. The summed E-state index contributed by atoms with van der Waals surface area (Å²) in [5.74, 6) is 0.181. The second-order valence-corrected chi connectivity index (χ2v) is 11.7. The summed E-state index contributed by atoms with van der Waals surface area (Å²) >= 11 is 1.37. The summed E-state index contributed by atoms with van der Waals surface area (Å²) in [5, 5.41) is 14.4. The van der Waals surface area contributed by atoms with Crippen LogP contribution >= 0.6 is 11.3 Å². The van der Waals surface area contributed by atoms with Gasteiger partial charge in [-0.2, -0.15) is 0 Å². The Balaban J connectivity index is 1.38. The van der Waals surface area contributed by atoms with E-state index in [1.54, 1.807) is 0 Å². The van der Waals surface area contributed by atoms with Crippen molar-refractivity contribution in [2.75, 3.05) is 51.1 Å². The van der Waals surface area contributed by atoms with Gasteiger partial charge in [-0.15, -0.1) is 11.3 Å². The lowest BCUT2D eigenvalue weighted by molar-refractivity contribution is -0.912. The van der Waals surface area contributed by atoms with Crippen LogP contribution in [0, 0.1) is 12.8 Å². The molecule has 0 unspecified atom stereocenters. The quantitative estimate of drug-likeness (QED) is 0.347. The highest BCUT2D eigenvalue weighted by molar-refractivity contribution is 7.13. The Labute approximate surface area is 230 Å². The van der Waals surface area contributed by atoms with Gasteiger partial charge >= 0.3 is 0 Å². The molecule has 2 aliphatic rings. The number of thiophene rings is 1. The van der Waals surface area contributed by atoms with Gasteiger partial charge in [0, 0.05) is 13.1 Å². The van der Waals surface area contributed by atoms with Crippen molar-refractivity contribution in [2.24, 2.45) is 5.92 Å². The van der Waals surface area contributed by atoms with Gasteiger partial charge in [0.1, 0.15) is 4.88 Å². The topological polar surface area (TPSA) is 99.3 Å². The molecule has 0 spiro atoms. The van der Waals surface area contributed by atoms with E-state index in [0.29, 0.717) is 34.1 Å². The molecule has 1 aromatic heterocycles. The van der Waals surface area contributed by atoms with Gasteiger partial charge in [0.25, 0.3) is 17.7 Å². The van der Waals surface area contributed by atoms with E-state index in [1.807, 2.05) is 42.6 Å². The zero-order valence-electron chi connectivity index (χ0n) is 22.5. The number of piperidine rings is 1. The number of quaternary nitrogens is 1. The predicted octanol–water partition coefficient (Wildman–Crippen LogP) is 3.43. The number of likely N-dealkylation sites (tertiary alicyclic amines) is 1. The first-order valence-corrected chi connectivity index (χ1v) is 14.8. The van der Waals surface area contributed by atoms with Gasteiger partial charge < -0.3 is 25.8 Å². The lowest BCUT2D eigenvalue weighted by atomic mass is 9.98. The molecular weight excluding hydrogens is 498 g/mol. The van der Waals surface area contributed by atoms with Crippen molar-refractivity contribution in [2.45, 2.75) is 52.0 Å². The van der Waals surface area contributed by atoms with Crippen LogP contribution in [-0.2, 0) is 16.1 Å². The Morgan fingerprint density at radius 3 is 2.34 bits per heavy atom. The van der Waals surface area contributed by atoms with Gasteiger partial charge in [-0.05, 0) is 81.0 Å². The van der Waals surface area contributed by atoms with E-state index < -0.39 is 0 Å². The SMILES string of the molecule is Cc1csc(C(=O)NCC2CCNCC2)c1NC(=O)C[N+]1(CC(=O)NCc2ccccc2)CCCCCC1. The molecule has 0 saturated carbocycles. The predicted molar refractivity (Wildman–Crippen MR) is 152 cm³/mol. The summed E-state index contributed by atoms with van der Waals surface area (Å²) in [6.07, 6.45) is 6.37. The average molecular weight is 541 g/mol. The first kappa shape index (κ1) is 28.3. The molecule has 2 aliphatic heterocycles. The van der Waals surface area contributed by atoms with Crippen LogP contribution in [-0.4, -0.2) is 68.0 Å². The maximum absolute atomic E-state index is 13.4. The summed E-state index contributed by atoms with van der Waals surface area (Å²) in [6.45, 7) is 7.16. The fourth-order valence-corrected chi connectivity index (χ4v) is 6.46. The lowest BCUT2D eigenvalue weighted by Crippen LogP contribution is -2.57. The van der Waals surface area contributed by atoms with Gasteiger partial charge in [0.2, 0.25) is 0 Å². The van der Waals surface area contributed by atoms with Crippen LogP contribution in [0.3, 0.4) is 0 Å². The van der Waals surface area contributed by atoms with Crippen molar-refractivity contribution in [3.8, 4) is 0 Å². The molecule has 4 rings (SSSR count). The maximum Gasteiger partial charge on any atom is 0.279 e. The van der Waals surface area contributed by atoms with Gasteiger partial charge in [-0.1, -0.05) is 30.3 Å². The molecule has 4 N–H and O–H groups in total. The molecule has 0 aliphatic carbocycles. The number of hydrogen-bond acceptors (Lipinski definition) is 5. The number of nitrogens with one attached hydrogen (secondary N) is 4. The van der Waals surface area contributed by atoms with Gasteiger partial charge in [0.05, 0.1) is 18.8 Å². The minimum Gasteiger partial charge on any atom is -0.351 e. The summed E-state index contributed by atoms with van der Waals surface area (Å²) in [7, 11) is 0. The Bertz CT molecular complexity index is 1070. The Morgan fingerprint density at radius 1 is 0.947 bits per heavy atom. The molecule has 9 heteroatoms. The molecule has 0 bridgehead atoms. The molecule has 0 radical (unpaired) electrons. The van der Waals surface area contributed by atoms with Crippen molar-refractivity contribution in [1.82, 2.24) is 16.0 Å². The van der Waals surface area contributed by atoms with E-state index in [9.17, 15) is 14.4 Å². The molecule has 2 aromatic rings. The van der Waals surface area contributed by atoms with Crippen molar-refractivity contribution >= 4 is 34.7 Å². The minimum atomic E-state index is -0.142. The molecule has 2 fully saturated rings. The van der Waals surface area contributed by atoms with Gasteiger partial charge in [0.15, 0.2) is 13.1 Å². The molecule has 3 heterocycles. The first-order chi connectivity index (χ1) is 18.4. The average Bonchev–Trinajstić information content (AvgIpc) is 3.13. The highest BCUT2D eigenvalue weighted by atomic mass is 32.1. The molecule has 2 saturated heterocycles. The van der Waals surface area contributed by atoms with Gasteiger partial charge in [-0.25, -0.2) is 0 Å². The minimum absolute atomic E-state index is 0.0340. The first-order valence-electron chi connectivity index (χ1n) is 14.0. The normalized spacial score (nSPS) is 17.8. The number of carbonyl (C=O) groups is 3. The van der Waals surface area contributed by atoms with Crippen LogP contribution in [0.2, 0.25) is 0 Å². The van der Waals surface area contributed by atoms with E-state index >= 15 is 0 Å². The lowest BCUT2D eigenvalue weighted by Gasteiger charge is -2.36. The number of amides is 3. The fourth-order valence-electron chi connectivity index (χ4n) is 5.54. The Morgan fingerprint density at radius 2 is 1.63 bits per heavy atom. The van der Waals surface area contributed by atoms with E-state index in [2.05, 4.69) is 21.3 Å². The van der Waals surface area contributed by atoms with Crippen molar-refractivity contribution in [1.29, 1.82) is 0 Å². The number of anilines is 1. The summed E-state index contributed by atoms with van der Waals surface area (Å²) in [6, 6.07) is 9.87. The third kappa shape index (κ3) is 8.12. The third-order valence-corrected chi connectivity index (χ3v) is 8.86. The van der Waals surface area contributed by atoms with Crippen LogP contribution in [0.15, 0.2) is 35.7 Å². The summed E-state index contributed by atoms with van der Waals surface area (Å²) in [4.78, 5) is 39.9. The third-order valence-electron chi connectivity index (χ3n) is 7.76. The highest BCUT2D eigenvalue weighted by Gasteiger charge is 2.34. The van der Waals surface area contributed by atoms with E-state index in [0.717, 1.165) is 75.8 Å². The van der Waals surface area contributed by atoms with Crippen molar-refractivity contribution < 1.29 is 18.9 Å². The maximum atomic E-state index is 13.4. The van der Waals surface area contributed by atoms with Crippen molar-refractivity contribution in [3.05, 3.63) is 51.7 Å². The summed E-state index contributed by atoms with van der Waals surface area (Å²) < 4.78 is 0.451. The molecule has 0 atom stereocenters.